The van der Waals surface area contributed by atoms with Crippen LogP contribution in [0.15, 0.2) is 42.6 Å². The van der Waals surface area contributed by atoms with E-state index in [0.717, 1.165) is 37.4 Å². The van der Waals surface area contributed by atoms with E-state index in [0.29, 0.717) is 5.56 Å². The quantitative estimate of drug-likeness (QED) is 0.833. The van der Waals surface area contributed by atoms with Gasteiger partial charge >= 0.3 is 0 Å². The van der Waals surface area contributed by atoms with Crippen LogP contribution in [0.3, 0.4) is 0 Å². The Morgan fingerprint density at radius 3 is 2.31 bits per heavy atom. The van der Waals surface area contributed by atoms with Crippen LogP contribution in [-0.2, 0) is 5.41 Å². The predicted octanol–water partition coefficient (Wildman–Crippen LogP) is 5.14. The molecule has 138 valence electrons. The van der Waals surface area contributed by atoms with Gasteiger partial charge < -0.3 is 10.2 Å². The van der Waals surface area contributed by atoms with E-state index in [2.05, 4.69) is 49.3 Å². The summed E-state index contributed by atoms with van der Waals surface area (Å²) in [5.74, 6) is 0.857. The van der Waals surface area contributed by atoms with Gasteiger partial charge in [0.1, 0.15) is 5.82 Å². The molecular formula is C22H29N3O. The molecule has 0 atom stereocenters. The number of amides is 1. The number of pyridine rings is 1. The van der Waals surface area contributed by atoms with Gasteiger partial charge in [-0.1, -0.05) is 51.8 Å². The summed E-state index contributed by atoms with van der Waals surface area (Å²) in [6.45, 7) is 8.31. The Morgan fingerprint density at radius 2 is 1.69 bits per heavy atom. The zero-order valence-corrected chi connectivity index (χ0v) is 16.1. The number of nitrogens with zero attached hydrogens (tertiary/aromatic N) is 2. The molecule has 0 radical (unpaired) electrons. The van der Waals surface area contributed by atoms with Crippen LogP contribution in [0, 0.1) is 0 Å². The second kappa shape index (κ2) is 7.90. The fourth-order valence-corrected chi connectivity index (χ4v) is 3.43. The molecule has 3 rings (SSSR count). The number of hydrogen-bond acceptors (Lipinski definition) is 3. The third kappa shape index (κ3) is 4.43. The molecule has 4 heteroatoms. The number of anilines is 2. The Hall–Kier alpha value is -2.36. The number of rotatable bonds is 3. The van der Waals surface area contributed by atoms with Gasteiger partial charge in [0.05, 0.1) is 5.56 Å². The highest BCUT2D eigenvalue weighted by Gasteiger charge is 2.19. The van der Waals surface area contributed by atoms with E-state index < -0.39 is 0 Å². The maximum absolute atomic E-state index is 12.7. The summed E-state index contributed by atoms with van der Waals surface area (Å²) in [6, 6.07) is 12.1. The van der Waals surface area contributed by atoms with Crippen molar-refractivity contribution in [1.29, 1.82) is 0 Å². The first kappa shape index (κ1) is 18.4. The summed E-state index contributed by atoms with van der Waals surface area (Å²) in [7, 11) is 0. The molecule has 1 aromatic carbocycles. The van der Waals surface area contributed by atoms with Gasteiger partial charge in [0, 0.05) is 25.0 Å². The van der Waals surface area contributed by atoms with E-state index in [4.69, 9.17) is 0 Å². The number of carbonyl (C=O) groups is 1. The molecule has 0 aliphatic carbocycles. The predicted molar refractivity (Wildman–Crippen MR) is 107 cm³/mol. The maximum atomic E-state index is 12.7. The fourth-order valence-electron chi connectivity index (χ4n) is 3.43. The van der Waals surface area contributed by atoms with Crippen LogP contribution in [0.5, 0.6) is 0 Å². The van der Waals surface area contributed by atoms with Crippen molar-refractivity contribution >= 4 is 17.4 Å². The van der Waals surface area contributed by atoms with E-state index in [1.807, 2.05) is 23.1 Å². The zero-order valence-electron chi connectivity index (χ0n) is 16.1. The first-order chi connectivity index (χ1) is 12.4. The van der Waals surface area contributed by atoms with Crippen molar-refractivity contribution in [3.05, 3.63) is 53.7 Å². The van der Waals surface area contributed by atoms with Gasteiger partial charge in [-0.3, -0.25) is 4.79 Å². The van der Waals surface area contributed by atoms with Gasteiger partial charge in [-0.2, -0.15) is 0 Å². The molecule has 0 spiro atoms. The Kier molecular flexibility index (Phi) is 5.60. The molecule has 1 saturated heterocycles. The molecule has 1 amide bonds. The first-order valence-corrected chi connectivity index (χ1v) is 9.57. The Balaban J connectivity index is 1.73. The second-order valence-corrected chi connectivity index (χ2v) is 8.06. The lowest BCUT2D eigenvalue weighted by atomic mass is 9.86. The van der Waals surface area contributed by atoms with Crippen LogP contribution in [0.1, 0.15) is 62.4 Å². The van der Waals surface area contributed by atoms with Crippen LogP contribution in [0.25, 0.3) is 0 Å². The minimum atomic E-state index is 0.0479. The van der Waals surface area contributed by atoms with Crippen molar-refractivity contribution in [3.63, 3.8) is 0 Å². The average Bonchev–Trinajstić information content (AvgIpc) is 2.91. The number of likely N-dealkylation sites (tertiary alicyclic amines) is 1. The van der Waals surface area contributed by atoms with Gasteiger partial charge in [-0.15, -0.1) is 0 Å². The van der Waals surface area contributed by atoms with E-state index in [1.165, 1.54) is 18.4 Å². The minimum Gasteiger partial charge on any atom is -0.340 e. The lowest BCUT2D eigenvalue weighted by Crippen LogP contribution is -2.31. The smallest absolute Gasteiger partial charge is 0.255 e. The Labute approximate surface area is 156 Å². The molecule has 1 aliphatic heterocycles. The highest BCUT2D eigenvalue weighted by atomic mass is 16.2. The third-order valence-electron chi connectivity index (χ3n) is 4.90. The fraction of sp³-hybridized carbons (Fsp3) is 0.455. The number of para-hydroxylation sites is 1. The molecule has 0 saturated carbocycles. The molecule has 2 aromatic rings. The van der Waals surface area contributed by atoms with Crippen molar-refractivity contribution in [2.24, 2.45) is 0 Å². The summed E-state index contributed by atoms with van der Waals surface area (Å²) in [5.41, 5.74) is 3.01. The molecule has 4 nitrogen and oxygen atoms in total. The van der Waals surface area contributed by atoms with Crippen LogP contribution in [0.2, 0.25) is 0 Å². The third-order valence-corrected chi connectivity index (χ3v) is 4.90. The molecule has 0 bridgehead atoms. The van der Waals surface area contributed by atoms with Crippen LogP contribution >= 0.6 is 0 Å². The van der Waals surface area contributed by atoms with Crippen LogP contribution in [0.4, 0.5) is 11.5 Å². The van der Waals surface area contributed by atoms with Crippen molar-refractivity contribution < 1.29 is 4.79 Å². The monoisotopic (exact) mass is 351 g/mol. The lowest BCUT2D eigenvalue weighted by molar-refractivity contribution is 0.0761. The molecule has 0 unspecified atom stereocenters. The maximum Gasteiger partial charge on any atom is 0.255 e. The molecule has 1 aromatic heterocycles. The van der Waals surface area contributed by atoms with Crippen molar-refractivity contribution in [1.82, 2.24) is 9.88 Å². The number of benzene rings is 1. The Morgan fingerprint density at radius 1 is 1.00 bits per heavy atom. The van der Waals surface area contributed by atoms with Crippen molar-refractivity contribution in [3.8, 4) is 0 Å². The molecule has 2 heterocycles. The highest BCUT2D eigenvalue weighted by Crippen LogP contribution is 2.30. The average molecular weight is 351 g/mol. The largest absolute Gasteiger partial charge is 0.340 e. The molecular weight excluding hydrogens is 322 g/mol. The first-order valence-electron chi connectivity index (χ1n) is 9.57. The van der Waals surface area contributed by atoms with Crippen molar-refractivity contribution in [2.45, 2.75) is 51.9 Å². The SMILES string of the molecule is CC(C)(C)c1ccccc1Nc1ccc(C(=O)N2CCCCCC2)cn1. The number of nitrogens with one attached hydrogen (secondary N) is 1. The normalized spacial score (nSPS) is 15.4. The second-order valence-electron chi connectivity index (χ2n) is 8.06. The number of carbonyl (C=O) groups excluding carboxylic acids is 1. The summed E-state index contributed by atoms with van der Waals surface area (Å²) in [5, 5.41) is 3.40. The highest BCUT2D eigenvalue weighted by molar-refractivity contribution is 5.94. The van der Waals surface area contributed by atoms with E-state index in [9.17, 15) is 4.79 Å². The van der Waals surface area contributed by atoms with Crippen LogP contribution in [-0.4, -0.2) is 28.9 Å². The summed E-state index contributed by atoms with van der Waals surface area (Å²) in [6.07, 6.45) is 6.33. The van der Waals surface area contributed by atoms with Gasteiger partial charge in [-0.05, 0) is 42.0 Å². The molecule has 1 aliphatic rings. The molecule has 1 N–H and O–H groups in total. The summed E-state index contributed by atoms with van der Waals surface area (Å²) < 4.78 is 0. The molecule has 1 fully saturated rings. The van der Waals surface area contributed by atoms with Gasteiger partial charge in [0.25, 0.3) is 5.91 Å². The van der Waals surface area contributed by atoms with Crippen LogP contribution < -0.4 is 5.32 Å². The van der Waals surface area contributed by atoms with Gasteiger partial charge in [0.2, 0.25) is 0 Å². The van der Waals surface area contributed by atoms with E-state index in [1.54, 1.807) is 6.20 Å². The van der Waals surface area contributed by atoms with E-state index >= 15 is 0 Å². The summed E-state index contributed by atoms with van der Waals surface area (Å²) in [4.78, 5) is 19.1. The standard InChI is InChI=1S/C22H29N3O/c1-22(2,3)18-10-6-7-11-19(18)24-20-13-12-17(16-23-20)21(26)25-14-8-4-5-9-15-25/h6-7,10-13,16H,4-5,8-9,14-15H2,1-3H3,(H,23,24). The zero-order chi connectivity index (χ0) is 18.6. The topological polar surface area (TPSA) is 45.2 Å². The number of hydrogen-bond donors (Lipinski definition) is 1. The lowest BCUT2D eigenvalue weighted by Gasteiger charge is -2.23. The van der Waals surface area contributed by atoms with Gasteiger partial charge in [0.15, 0.2) is 0 Å². The van der Waals surface area contributed by atoms with Crippen molar-refractivity contribution in [2.75, 3.05) is 18.4 Å². The Bertz CT molecular complexity index is 739. The minimum absolute atomic E-state index is 0.0479. The van der Waals surface area contributed by atoms with E-state index in [-0.39, 0.29) is 11.3 Å². The molecule has 26 heavy (non-hydrogen) atoms. The van der Waals surface area contributed by atoms with Gasteiger partial charge in [-0.25, -0.2) is 4.98 Å². The number of aromatic nitrogens is 1. The summed E-state index contributed by atoms with van der Waals surface area (Å²) >= 11 is 0.